The number of rotatable bonds is 0. The van der Waals surface area contributed by atoms with Crippen LogP contribution < -0.4 is 11.5 Å². The summed E-state index contributed by atoms with van der Waals surface area (Å²) in [5.41, 5.74) is 8.50. The Morgan fingerprint density at radius 3 is 1.14 bits per heavy atom. The third-order valence-corrected chi connectivity index (χ3v) is 0. The molecule has 2 amide bonds. The van der Waals surface area contributed by atoms with Gasteiger partial charge in [0.15, 0.2) is 0 Å². The predicted molar refractivity (Wildman–Crippen MR) is 23.4 cm³/mol. The molecule has 0 heterocycles. The molecule has 0 aliphatic rings. The van der Waals surface area contributed by atoms with Crippen molar-refractivity contribution in [2.24, 2.45) is 11.5 Å². The zero-order valence-corrected chi connectivity index (χ0v) is 5.87. The molecule has 7 heavy (non-hydrogen) atoms. The Balaban J connectivity index is -0.0000000150. The van der Waals surface area contributed by atoms with E-state index in [-0.39, 0.29) is 48.7 Å². The van der Waals surface area contributed by atoms with Crippen LogP contribution in [0.5, 0.6) is 0 Å². The standard InChI is InChI=1S/CH4N2O.Ca.2H2O/c2-1(3)4;;;/h(H4,2,3,4);;2*1H2/q;+2;;/p-2. The maximum absolute atomic E-state index is 9.00. The van der Waals surface area contributed by atoms with E-state index in [9.17, 15) is 0 Å². The average molecular weight is 134 g/mol. The van der Waals surface area contributed by atoms with E-state index in [4.69, 9.17) is 4.79 Å². The quantitative estimate of drug-likeness (QED) is 0.382. The van der Waals surface area contributed by atoms with E-state index in [1.807, 2.05) is 0 Å². The molecule has 5 nitrogen and oxygen atoms in total. The Morgan fingerprint density at radius 1 is 1.14 bits per heavy atom. The molecule has 6 N–H and O–H groups in total. The smallest absolute Gasteiger partial charge is 0.870 e. The number of amides is 2. The molecular formula is CH6CaN2O3. The Bertz CT molecular complexity index is 35.9. The molecule has 0 saturated carbocycles. The van der Waals surface area contributed by atoms with Gasteiger partial charge in [0.25, 0.3) is 0 Å². The van der Waals surface area contributed by atoms with E-state index < -0.39 is 6.03 Å². The van der Waals surface area contributed by atoms with Crippen LogP contribution in [0.25, 0.3) is 0 Å². The van der Waals surface area contributed by atoms with Gasteiger partial charge in [-0.25, -0.2) is 4.79 Å². The van der Waals surface area contributed by atoms with Crippen molar-refractivity contribution in [3.8, 4) is 0 Å². The zero-order chi connectivity index (χ0) is 3.58. The minimum Gasteiger partial charge on any atom is -0.870 e. The van der Waals surface area contributed by atoms with E-state index in [0.717, 1.165) is 0 Å². The SMILES string of the molecule is NC(N)=O.[Ca+2].[OH-].[OH-]. The molecule has 0 spiro atoms. The van der Waals surface area contributed by atoms with E-state index in [1.54, 1.807) is 0 Å². The first-order chi connectivity index (χ1) is 1.73. The number of carbonyl (C=O) groups excluding carboxylic acids is 1. The fraction of sp³-hybridized carbons (Fsp3) is 0. The fourth-order valence-electron chi connectivity index (χ4n) is 0. The van der Waals surface area contributed by atoms with Gasteiger partial charge in [0.2, 0.25) is 0 Å². The summed E-state index contributed by atoms with van der Waals surface area (Å²) in [6, 6.07) is -0.833. The van der Waals surface area contributed by atoms with Crippen molar-refractivity contribution < 1.29 is 15.7 Å². The minimum absolute atomic E-state index is 0. The number of carbonyl (C=O) groups is 1. The fourth-order valence-corrected chi connectivity index (χ4v) is 0. The summed E-state index contributed by atoms with van der Waals surface area (Å²) in [5, 5.41) is 0. The van der Waals surface area contributed by atoms with Crippen LogP contribution in [-0.4, -0.2) is 54.7 Å². The average Bonchev–Trinajstić information content (AvgIpc) is 0.811. The molecule has 0 aromatic rings. The molecule has 6 heteroatoms. The maximum atomic E-state index is 9.00. The molecule has 0 radical (unpaired) electrons. The van der Waals surface area contributed by atoms with Crippen LogP contribution in [0.2, 0.25) is 0 Å². The largest absolute Gasteiger partial charge is 2.00 e. The summed E-state index contributed by atoms with van der Waals surface area (Å²) in [5.74, 6) is 0. The monoisotopic (exact) mass is 134 g/mol. The summed E-state index contributed by atoms with van der Waals surface area (Å²) in [7, 11) is 0. The van der Waals surface area contributed by atoms with Crippen molar-refractivity contribution in [2.45, 2.75) is 0 Å². The molecule has 0 aliphatic heterocycles. The summed E-state index contributed by atoms with van der Waals surface area (Å²) in [4.78, 5) is 9.00. The van der Waals surface area contributed by atoms with E-state index in [0.29, 0.717) is 0 Å². The summed E-state index contributed by atoms with van der Waals surface area (Å²) < 4.78 is 0. The first kappa shape index (κ1) is 26.0. The van der Waals surface area contributed by atoms with Crippen molar-refractivity contribution in [2.75, 3.05) is 0 Å². The molecule has 0 aromatic heterocycles. The van der Waals surface area contributed by atoms with Gasteiger partial charge in [0, 0.05) is 0 Å². The number of nitrogens with two attached hydrogens (primary N) is 2. The Hall–Kier alpha value is 0.450. The Morgan fingerprint density at radius 2 is 1.14 bits per heavy atom. The van der Waals surface area contributed by atoms with E-state index in [2.05, 4.69) is 11.5 Å². The second-order valence-corrected chi connectivity index (χ2v) is 0.402. The number of hydrogen-bond acceptors (Lipinski definition) is 3. The summed E-state index contributed by atoms with van der Waals surface area (Å²) in [6.07, 6.45) is 0. The van der Waals surface area contributed by atoms with Crippen LogP contribution in [0.4, 0.5) is 4.79 Å². The molecule has 40 valence electrons. The van der Waals surface area contributed by atoms with E-state index in [1.165, 1.54) is 0 Å². The van der Waals surface area contributed by atoms with Crippen LogP contribution in [0.15, 0.2) is 0 Å². The Labute approximate surface area is 70.7 Å². The van der Waals surface area contributed by atoms with Crippen molar-refractivity contribution in [3.63, 3.8) is 0 Å². The van der Waals surface area contributed by atoms with Crippen LogP contribution >= 0.6 is 0 Å². The molecule has 0 fully saturated rings. The second kappa shape index (κ2) is 16.1. The summed E-state index contributed by atoms with van der Waals surface area (Å²) in [6.45, 7) is 0. The van der Waals surface area contributed by atoms with Crippen molar-refractivity contribution in [1.29, 1.82) is 0 Å². The van der Waals surface area contributed by atoms with Crippen LogP contribution in [0.3, 0.4) is 0 Å². The second-order valence-electron chi connectivity index (χ2n) is 0.402. The molecular weight excluding hydrogens is 128 g/mol. The van der Waals surface area contributed by atoms with Gasteiger partial charge in [-0.2, -0.15) is 0 Å². The van der Waals surface area contributed by atoms with E-state index >= 15 is 0 Å². The van der Waals surface area contributed by atoms with Crippen LogP contribution in [0.1, 0.15) is 0 Å². The maximum Gasteiger partial charge on any atom is 2.00 e. The van der Waals surface area contributed by atoms with Gasteiger partial charge in [0.05, 0.1) is 0 Å². The third-order valence-electron chi connectivity index (χ3n) is 0. The zero-order valence-electron chi connectivity index (χ0n) is 3.66. The minimum atomic E-state index is -0.833. The van der Waals surface area contributed by atoms with Crippen LogP contribution in [0, 0.1) is 0 Å². The normalized spacial score (nSPS) is 3.43. The van der Waals surface area contributed by atoms with Gasteiger partial charge in [-0.3, -0.25) is 0 Å². The van der Waals surface area contributed by atoms with Gasteiger partial charge >= 0.3 is 43.8 Å². The van der Waals surface area contributed by atoms with Crippen molar-refractivity contribution in [1.82, 2.24) is 0 Å². The molecule has 0 unspecified atom stereocenters. The topological polar surface area (TPSA) is 129 Å². The predicted octanol–water partition coefficient (Wildman–Crippen LogP) is -1.71. The van der Waals surface area contributed by atoms with Crippen molar-refractivity contribution in [3.05, 3.63) is 0 Å². The summed E-state index contributed by atoms with van der Waals surface area (Å²) >= 11 is 0. The van der Waals surface area contributed by atoms with Gasteiger partial charge in [0.1, 0.15) is 0 Å². The number of urea groups is 1. The Kier molecular flexibility index (Phi) is 59.9. The third kappa shape index (κ3) is 631. The van der Waals surface area contributed by atoms with Crippen LogP contribution in [-0.2, 0) is 0 Å². The number of hydrogen-bond donors (Lipinski definition) is 2. The first-order valence-electron chi connectivity index (χ1n) is 0.781. The van der Waals surface area contributed by atoms with Gasteiger partial charge in [-0.05, 0) is 0 Å². The first-order valence-corrected chi connectivity index (χ1v) is 0.781. The molecule has 0 saturated heterocycles. The van der Waals surface area contributed by atoms with Gasteiger partial charge in [-0.15, -0.1) is 0 Å². The van der Waals surface area contributed by atoms with Gasteiger partial charge < -0.3 is 22.4 Å². The molecule has 0 rings (SSSR count). The van der Waals surface area contributed by atoms with Crippen molar-refractivity contribution >= 4 is 43.8 Å². The molecule has 0 aliphatic carbocycles. The number of primary amides is 2. The molecule has 0 aromatic carbocycles. The molecule has 0 atom stereocenters. The van der Waals surface area contributed by atoms with Gasteiger partial charge in [-0.1, -0.05) is 0 Å². The molecule has 0 bridgehead atoms.